The Bertz CT molecular complexity index is 588. The van der Waals surface area contributed by atoms with E-state index in [0.29, 0.717) is 13.0 Å². The number of nitrogens with zero attached hydrogens (tertiary/aromatic N) is 1. The van der Waals surface area contributed by atoms with Crippen molar-refractivity contribution in [2.75, 3.05) is 13.2 Å². The fourth-order valence-electron chi connectivity index (χ4n) is 2.65. The third kappa shape index (κ3) is 5.62. The highest BCUT2D eigenvalue weighted by atomic mass is 19.1. The van der Waals surface area contributed by atoms with Crippen LogP contribution in [0, 0.1) is 5.92 Å². The van der Waals surface area contributed by atoms with E-state index >= 15 is 0 Å². The topological polar surface area (TPSA) is 67.9 Å². The molecule has 0 bridgehead atoms. The van der Waals surface area contributed by atoms with Crippen molar-refractivity contribution in [2.24, 2.45) is 5.92 Å². The largest absolute Gasteiger partial charge is 0.444 e. The van der Waals surface area contributed by atoms with Gasteiger partial charge in [0.05, 0.1) is 6.67 Å². The summed E-state index contributed by atoms with van der Waals surface area (Å²) in [5, 5.41) is 2.59. The van der Waals surface area contributed by atoms with Gasteiger partial charge in [-0.2, -0.15) is 0 Å². The Kier molecular flexibility index (Phi) is 6.22. The normalized spacial score (nSPS) is 20.2. The number of alkyl halides is 1. The molecule has 0 aliphatic carbocycles. The van der Waals surface area contributed by atoms with Crippen LogP contribution in [0.25, 0.3) is 0 Å². The molecule has 0 aromatic heterocycles. The van der Waals surface area contributed by atoms with Crippen LogP contribution in [0.1, 0.15) is 32.8 Å². The molecule has 1 aliphatic heterocycles. The fourth-order valence-corrected chi connectivity index (χ4v) is 2.65. The Labute approximate surface area is 147 Å². The summed E-state index contributed by atoms with van der Waals surface area (Å²) >= 11 is 0. The van der Waals surface area contributed by atoms with Crippen LogP contribution in [-0.4, -0.2) is 42.1 Å². The van der Waals surface area contributed by atoms with Crippen molar-refractivity contribution in [3.05, 3.63) is 35.9 Å². The van der Waals surface area contributed by atoms with E-state index in [4.69, 9.17) is 9.47 Å². The number of ether oxygens (including phenoxy) is 2. The zero-order chi connectivity index (χ0) is 18.4. The van der Waals surface area contributed by atoms with Gasteiger partial charge in [-0.05, 0) is 32.8 Å². The van der Waals surface area contributed by atoms with E-state index in [-0.39, 0.29) is 6.61 Å². The van der Waals surface area contributed by atoms with E-state index in [1.165, 1.54) is 4.90 Å². The minimum atomic E-state index is -0.775. The number of likely N-dealkylation sites (tertiary alicyclic amines) is 1. The van der Waals surface area contributed by atoms with Crippen molar-refractivity contribution in [3.63, 3.8) is 0 Å². The summed E-state index contributed by atoms with van der Waals surface area (Å²) in [6.07, 6.45) is -1.58. The number of amides is 2. The number of nitrogens with one attached hydrogen (secondary N) is 1. The zero-order valence-electron chi connectivity index (χ0n) is 14.8. The second kappa shape index (κ2) is 8.18. The minimum absolute atomic E-state index is 0.121. The molecule has 6 nitrogen and oxygen atoms in total. The third-order valence-electron chi connectivity index (χ3n) is 3.83. The number of hydrogen-bond donors (Lipinski definition) is 1. The monoisotopic (exact) mass is 352 g/mol. The molecule has 1 saturated heterocycles. The Hall–Kier alpha value is -2.31. The Morgan fingerprint density at radius 2 is 1.96 bits per heavy atom. The van der Waals surface area contributed by atoms with Crippen LogP contribution >= 0.6 is 0 Å². The van der Waals surface area contributed by atoms with Gasteiger partial charge in [0.15, 0.2) is 0 Å². The molecule has 0 radical (unpaired) electrons. The molecule has 7 heteroatoms. The lowest BCUT2D eigenvalue weighted by Crippen LogP contribution is -2.51. The Morgan fingerprint density at radius 1 is 1.28 bits per heavy atom. The predicted molar refractivity (Wildman–Crippen MR) is 90.6 cm³/mol. The van der Waals surface area contributed by atoms with Crippen LogP contribution in [0.3, 0.4) is 0 Å². The molecule has 1 fully saturated rings. The van der Waals surface area contributed by atoms with Crippen molar-refractivity contribution in [2.45, 2.75) is 45.6 Å². The first-order valence-electron chi connectivity index (χ1n) is 8.33. The second-order valence-electron chi connectivity index (χ2n) is 7.03. The average molecular weight is 352 g/mol. The molecule has 1 aliphatic rings. The number of benzene rings is 1. The highest BCUT2D eigenvalue weighted by Crippen LogP contribution is 2.24. The Balaban J connectivity index is 1.97. The molecular formula is C18H25FN2O4. The summed E-state index contributed by atoms with van der Waals surface area (Å²) in [4.78, 5) is 25.7. The first kappa shape index (κ1) is 19.0. The zero-order valence-corrected chi connectivity index (χ0v) is 14.8. The quantitative estimate of drug-likeness (QED) is 0.901. The van der Waals surface area contributed by atoms with E-state index in [2.05, 4.69) is 5.32 Å². The van der Waals surface area contributed by atoms with Gasteiger partial charge in [-0.3, -0.25) is 9.29 Å². The van der Waals surface area contributed by atoms with Crippen LogP contribution in [0.15, 0.2) is 30.3 Å². The molecule has 138 valence electrons. The van der Waals surface area contributed by atoms with E-state index in [1.807, 2.05) is 30.3 Å². The van der Waals surface area contributed by atoms with Gasteiger partial charge in [0.2, 0.25) is 0 Å². The van der Waals surface area contributed by atoms with Crippen molar-refractivity contribution in [3.8, 4) is 0 Å². The maximum absolute atomic E-state index is 13.3. The van der Waals surface area contributed by atoms with Crippen molar-refractivity contribution in [1.29, 1.82) is 0 Å². The van der Waals surface area contributed by atoms with Gasteiger partial charge in [-0.1, -0.05) is 30.3 Å². The molecule has 2 amide bonds. The number of carbonyl (C=O) groups is 2. The van der Waals surface area contributed by atoms with Gasteiger partial charge < -0.3 is 14.8 Å². The van der Waals surface area contributed by atoms with E-state index < -0.39 is 36.5 Å². The number of hydrogen-bond acceptors (Lipinski definition) is 4. The summed E-state index contributed by atoms with van der Waals surface area (Å²) in [6.45, 7) is 5.01. The molecule has 1 aromatic rings. The molecule has 1 N–H and O–H groups in total. The van der Waals surface area contributed by atoms with E-state index in [9.17, 15) is 14.0 Å². The molecule has 1 aromatic carbocycles. The molecule has 25 heavy (non-hydrogen) atoms. The third-order valence-corrected chi connectivity index (χ3v) is 3.83. The standard InChI is InChI=1S/C18H25FN2O4/c1-18(2,3)25-16(22)20-15-14(11-19)9-10-21(15)17(23)24-12-13-7-5-4-6-8-13/h4-8,14-15H,9-12H2,1-3H3,(H,20,22)/t14-,15+/m0/s1. The molecule has 0 spiro atoms. The lowest BCUT2D eigenvalue weighted by Gasteiger charge is -2.29. The van der Waals surface area contributed by atoms with Gasteiger partial charge in [0.1, 0.15) is 18.4 Å². The van der Waals surface area contributed by atoms with Gasteiger partial charge >= 0.3 is 12.2 Å². The summed E-state index contributed by atoms with van der Waals surface area (Å²) in [5.74, 6) is -0.475. The smallest absolute Gasteiger partial charge is 0.411 e. The van der Waals surface area contributed by atoms with Crippen LogP contribution < -0.4 is 5.32 Å². The van der Waals surface area contributed by atoms with E-state index in [0.717, 1.165) is 5.56 Å². The minimum Gasteiger partial charge on any atom is -0.444 e. The van der Waals surface area contributed by atoms with Gasteiger partial charge in [-0.25, -0.2) is 9.59 Å². The molecule has 0 saturated carbocycles. The summed E-state index contributed by atoms with van der Waals surface area (Å²) in [6, 6.07) is 9.27. The highest BCUT2D eigenvalue weighted by Gasteiger charge is 2.39. The number of carbonyl (C=O) groups excluding carboxylic acids is 2. The van der Waals surface area contributed by atoms with Crippen molar-refractivity contribution >= 4 is 12.2 Å². The van der Waals surface area contributed by atoms with Crippen molar-refractivity contribution in [1.82, 2.24) is 10.2 Å². The fraction of sp³-hybridized carbons (Fsp3) is 0.556. The molecule has 2 rings (SSSR count). The number of halogens is 1. The summed E-state index contributed by atoms with van der Waals surface area (Å²) in [5.41, 5.74) is 0.181. The van der Waals surface area contributed by atoms with Crippen molar-refractivity contribution < 1.29 is 23.5 Å². The number of rotatable bonds is 4. The lowest BCUT2D eigenvalue weighted by molar-refractivity contribution is 0.0384. The van der Waals surface area contributed by atoms with Crippen LogP contribution in [0.2, 0.25) is 0 Å². The molecule has 2 atom stereocenters. The first-order valence-corrected chi connectivity index (χ1v) is 8.33. The lowest BCUT2D eigenvalue weighted by atomic mass is 10.1. The SMILES string of the molecule is CC(C)(C)OC(=O)N[C@H]1[C@H](CF)CCN1C(=O)OCc1ccccc1. The van der Waals surface area contributed by atoms with Gasteiger partial charge in [-0.15, -0.1) is 0 Å². The van der Waals surface area contributed by atoms with Crippen LogP contribution in [0.5, 0.6) is 0 Å². The first-order chi connectivity index (χ1) is 11.8. The van der Waals surface area contributed by atoms with Crippen LogP contribution in [-0.2, 0) is 16.1 Å². The van der Waals surface area contributed by atoms with E-state index in [1.54, 1.807) is 20.8 Å². The highest BCUT2D eigenvalue weighted by molar-refractivity contribution is 5.72. The second-order valence-corrected chi connectivity index (χ2v) is 7.03. The maximum Gasteiger partial charge on any atom is 0.411 e. The average Bonchev–Trinajstić information content (AvgIpc) is 2.94. The Morgan fingerprint density at radius 3 is 2.56 bits per heavy atom. The maximum atomic E-state index is 13.3. The molecular weight excluding hydrogens is 327 g/mol. The van der Waals surface area contributed by atoms with Gasteiger partial charge in [0, 0.05) is 12.5 Å². The summed E-state index contributed by atoms with van der Waals surface area (Å²) in [7, 11) is 0. The predicted octanol–water partition coefficient (Wildman–Crippen LogP) is 3.47. The molecule has 0 unspecified atom stereocenters. The summed E-state index contributed by atoms with van der Waals surface area (Å²) < 4.78 is 23.7. The number of alkyl carbamates (subject to hydrolysis) is 1. The van der Waals surface area contributed by atoms with Crippen LogP contribution in [0.4, 0.5) is 14.0 Å². The van der Waals surface area contributed by atoms with Gasteiger partial charge in [0.25, 0.3) is 0 Å². The molecule has 1 heterocycles.